The zero-order chi connectivity index (χ0) is 14.9. The van der Waals surface area contributed by atoms with Gasteiger partial charge in [0.05, 0.1) is 10.7 Å². The molecule has 0 aliphatic rings. The Labute approximate surface area is 125 Å². The van der Waals surface area contributed by atoms with Gasteiger partial charge in [0.15, 0.2) is 17.5 Å². The van der Waals surface area contributed by atoms with Gasteiger partial charge in [-0.05, 0) is 30.3 Å². The summed E-state index contributed by atoms with van der Waals surface area (Å²) in [6.07, 6.45) is 0. The number of hydrogen-bond donors (Lipinski definition) is 1. The first-order valence-corrected chi connectivity index (χ1v) is 6.46. The lowest BCUT2D eigenvalue weighted by Crippen LogP contribution is -2.13. The molecular formula is C13H6BrClF3NO. The first-order valence-electron chi connectivity index (χ1n) is 5.29. The van der Waals surface area contributed by atoms with Crippen LogP contribution in [0.5, 0.6) is 0 Å². The van der Waals surface area contributed by atoms with E-state index >= 15 is 0 Å². The van der Waals surface area contributed by atoms with Gasteiger partial charge in [-0.1, -0.05) is 27.5 Å². The Hall–Kier alpha value is -1.53. The summed E-state index contributed by atoms with van der Waals surface area (Å²) in [4.78, 5) is 11.8. The second-order valence-electron chi connectivity index (χ2n) is 3.83. The van der Waals surface area contributed by atoms with Crippen molar-refractivity contribution in [1.29, 1.82) is 0 Å². The van der Waals surface area contributed by atoms with Crippen LogP contribution in [0.15, 0.2) is 34.8 Å². The van der Waals surface area contributed by atoms with E-state index in [2.05, 4.69) is 21.2 Å². The first-order chi connectivity index (χ1) is 9.38. The average Bonchev–Trinajstić information content (AvgIpc) is 2.38. The van der Waals surface area contributed by atoms with E-state index in [1.807, 2.05) is 0 Å². The molecule has 2 aromatic rings. The fraction of sp³-hybridized carbons (Fsp3) is 0. The monoisotopic (exact) mass is 363 g/mol. The van der Waals surface area contributed by atoms with Crippen molar-refractivity contribution in [2.75, 3.05) is 5.32 Å². The molecule has 2 aromatic carbocycles. The molecule has 7 heteroatoms. The maximum atomic E-state index is 13.0. The molecule has 0 aliphatic carbocycles. The molecule has 0 spiro atoms. The van der Waals surface area contributed by atoms with Crippen LogP contribution in [-0.2, 0) is 0 Å². The van der Waals surface area contributed by atoms with E-state index in [1.165, 1.54) is 6.07 Å². The van der Waals surface area contributed by atoms with Crippen LogP contribution in [0.4, 0.5) is 18.9 Å². The van der Waals surface area contributed by atoms with Crippen LogP contribution >= 0.6 is 27.5 Å². The molecule has 1 N–H and O–H groups in total. The Balaban J connectivity index is 2.28. The van der Waals surface area contributed by atoms with Gasteiger partial charge in [0.25, 0.3) is 5.91 Å². The topological polar surface area (TPSA) is 29.1 Å². The summed E-state index contributed by atoms with van der Waals surface area (Å²) < 4.78 is 39.6. The largest absolute Gasteiger partial charge is 0.321 e. The third-order valence-electron chi connectivity index (χ3n) is 2.43. The third-order valence-corrected chi connectivity index (χ3v) is 3.23. The van der Waals surface area contributed by atoms with Crippen LogP contribution in [0.25, 0.3) is 0 Å². The smallest absolute Gasteiger partial charge is 0.255 e. The van der Waals surface area contributed by atoms with E-state index in [1.54, 1.807) is 12.1 Å². The Morgan fingerprint density at radius 3 is 2.25 bits per heavy atom. The fourth-order valence-electron chi connectivity index (χ4n) is 1.47. The molecule has 0 radical (unpaired) electrons. The Morgan fingerprint density at radius 1 is 1.10 bits per heavy atom. The first kappa shape index (κ1) is 14.9. The average molecular weight is 365 g/mol. The zero-order valence-corrected chi connectivity index (χ0v) is 12.0. The van der Waals surface area contributed by atoms with Crippen LogP contribution in [0.1, 0.15) is 10.4 Å². The highest BCUT2D eigenvalue weighted by atomic mass is 79.9. The van der Waals surface area contributed by atoms with Gasteiger partial charge in [0.2, 0.25) is 0 Å². The number of benzene rings is 2. The van der Waals surface area contributed by atoms with Gasteiger partial charge in [-0.3, -0.25) is 4.79 Å². The molecule has 0 saturated heterocycles. The minimum absolute atomic E-state index is 0.246. The molecule has 2 rings (SSSR count). The molecule has 0 aliphatic heterocycles. The van der Waals surface area contributed by atoms with Crippen molar-refractivity contribution in [3.63, 3.8) is 0 Å². The standard InChI is InChI=1S/C13H6BrClF3NO/c14-7-1-2-11(8(15)5-7)19-13(20)6-3-9(16)12(18)10(17)4-6/h1-5H,(H,19,20). The molecule has 0 unspecified atom stereocenters. The summed E-state index contributed by atoms with van der Waals surface area (Å²) in [6, 6.07) is 5.91. The number of nitrogens with one attached hydrogen (secondary N) is 1. The molecule has 0 atom stereocenters. The second-order valence-corrected chi connectivity index (χ2v) is 5.16. The van der Waals surface area contributed by atoms with Crippen molar-refractivity contribution >= 4 is 39.1 Å². The van der Waals surface area contributed by atoms with E-state index in [9.17, 15) is 18.0 Å². The molecule has 0 aromatic heterocycles. The van der Waals surface area contributed by atoms with E-state index in [0.717, 1.165) is 0 Å². The summed E-state index contributed by atoms with van der Waals surface area (Å²) >= 11 is 9.09. The lowest BCUT2D eigenvalue weighted by atomic mass is 10.2. The van der Waals surface area contributed by atoms with Gasteiger partial charge in [-0.15, -0.1) is 0 Å². The number of anilines is 1. The lowest BCUT2D eigenvalue weighted by molar-refractivity contribution is 0.102. The summed E-state index contributed by atoms with van der Waals surface area (Å²) in [6.45, 7) is 0. The molecule has 0 bridgehead atoms. The van der Waals surface area contributed by atoms with E-state index in [-0.39, 0.29) is 16.3 Å². The maximum absolute atomic E-state index is 13.0. The minimum atomic E-state index is -1.62. The maximum Gasteiger partial charge on any atom is 0.255 e. The third kappa shape index (κ3) is 3.13. The number of amides is 1. The Morgan fingerprint density at radius 2 is 1.70 bits per heavy atom. The van der Waals surface area contributed by atoms with E-state index in [4.69, 9.17) is 11.6 Å². The summed E-state index contributed by atoms with van der Waals surface area (Å²) in [5, 5.41) is 2.63. The highest BCUT2D eigenvalue weighted by Gasteiger charge is 2.16. The molecule has 2 nitrogen and oxygen atoms in total. The normalized spacial score (nSPS) is 10.4. The molecule has 0 heterocycles. The number of carbonyl (C=O) groups excluding carboxylic acids is 1. The number of rotatable bonds is 2. The number of halogens is 5. The molecule has 20 heavy (non-hydrogen) atoms. The number of carbonyl (C=O) groups is 1. The van der Waals surface area contributed by atoms with E-state index in [0.29, 0.717) is 16.6 Å². The van der Waals surface area contributed by atoms with Crippen LogP contribution in [0, 0.1) is 17.5 Å². The summed E-state index contributed by atoms with van der Waals surface area (Å²) in [7, 11) is 0. The predicted octanol–water partition coefficient (Wildman–Crippen LogP) is 4.77. The highest BCUT2D eigenvalue weighted by molar-refractivity contribution is 9.10. The van der Waals surface area contributed by atoms with Crippen molar-refractivity contribution in [3.05, 3.63) is 62.8 Å². The summed E-state index contributed by atoms with van der Waals surface area (Å²) in [5.41, 5.74) is -0.0783. The summed E-state index contributed by atoms with van der Waals surface area (Å²) in [5.74, 6) is -5.29. The molecule has 0 saturated carbocycles. The quantitative estimate of drug-likeness (QED) is 0.764. The van der Waals surface area contributed by atoms with Crippen LogP contribution in [0.2, 0.25) is 5.02 Å². The molecule has 0 fully saturated rings. The van der Waals surface area contributed by atoms with Crippen molar-refractivity contribution in [1.82, 2.24) is 0 Å². The number of hydrogen-bond acceptors (Lipinski definition) is 1. The van der Waals surface area contributed by atoms with Gasteiger partial charge in [-0.25, -0.2) is 13.2 Å². The lowest BCUT2D eigenvalue weighted by Gasteiger charge is -2.08. The van der Waals surface area contributed by atoms with Crippen LogP contribution in [-0.4, -0.2) is 5.91 Å². The predicted molar refractivity (Wildman–Crippen MR) is 73.4 cm³/mol. The zero-order valence-electron chi connectivity index (χ0n) is 9.68. The SMILES string of the molecule is O=C(Nc1ccc(Br)cc1Cl)c1cc(F)c(F)c(F)c1. The van der Waals surface area contributed by atoms with Crippen molar-refractivity contribution in [2.45, 2.75) is 0 Å². The second kappa shape index (κ2) is 5.85. The molecule has 1 amide bonds. The van der Waals surface area contributed by atoms with Crippen LogP contribution < -0.4 is 5.32 Å². The Bertz CT molecular complexity index is 670. The minimum Gasteiger partial charge on any atom is -0.321 e. The highest BCUT2D eigenvalue weighted by Crippen LogP contribution is 2.26. The molecule has 104 valence electrons. The Kier molecular flexibility index (Phi) is 4.35. The van der Waals surface area contributed by atoms with Gasteiger partial charge in [0.1, 0.15) is 0 Å². The van der Waals surface area contributed by atoms with Crippen LogP contribution in [0.3, 0.4) is 0 Å². The fourth-order valence-corrected chi connectivity index (χ4v) is 2.19. The van der Waals surface area contributed by atoms with E-state index < -0.39 is 23.4 Å². The van der Waals surface area contributed by atoms with Crippen molar-refractivity contribution in [2.24, 2.45) is 0 Å². The van der Waals surface area contributed by atoms with Gasteiger partial charge < -0.3 is 5.32 Å². The van der Waals surface area contributed by atoms with Crippen molar-refractivity contribution < 1.29 is 18.0 Å². The van der Waals surface area contributed by atoms with Gasteiger partial charge >= 0.3 is 0 Å². The van der Waals surface area contributed by atoms with Crippen molar-refractivity contribution in [3.8, 4) is 0 Å². The van der Waals surface area contributed by atoms with Gasteiger partial charge in [0, 0.05) is 10.0 Å². The van der Waals surface area contributed by atoms with Gasteiger partial charge in [-0.2, -0.15) is 0 Å². The molecular weight excluding hydrogens is 358 g/mol.